The first-order valence-corrected chi connectivity index (χ1v) is 25.3. The van der Waals surface area contributed by atoms with Gasteiger partial charge < -0.3 is 44.5 Å². The Morgan fingerprint density at radius 1 is 0.901 bits per heavy atom. The summed E-state index contributed by atoms with van der Waals surface area (Å²) in [7, 11) is 0. The lowest BCUT2D eigenvalue weighted by Gasteiger charge is -2.35. The Bertz CT molecular complexity index is 2760. The summed E-state index contributed by atoms with van der Waals surface area (Å²) in [6, 6.07) is 26.0. The van der Waals surface area contributed by atoms with Gasteiger partial charge >= 0.3 is 0 Å². The maximum absolute atomic E-state index is 14.0. The number of rotatable bonds is 19. The Labute approximate surface area is 418 Å². The van der Waals surface area contributed by atoms with E-state index >= 15 is 0 Å². The number of likely N-dealkylation sites (tertiary alicyclic amines) is 2. The predicted octanol–water partition coefficient (Wildman–Crippen LogP) is 7.63. The molecule has 2 fully saturated rings. The third-order valence-electron chi connectivity index (χ3n) is 13.4. The van der Waals surface area contributed by atoms with Gasteiger partial charge in [-0.2, -0.15) is 0 Å². The number of thiazole rings is 1. The third kappa shape index (κ3) is 12.8. The topological polar surface area (TPSA) is 168 Å². The maximum Gasteiger partial charge on any atom is 0.246 e. The lowest BCUT2D eigenvalue weighted by atomic mass is 9.85. The molecule has 2 aliphatic rings. The van der Waals surface area contributed by atoms with Gasteiger partial charge in [-0.15, -0.1) is 11.3 Å². The molecule has 8 rings (SSSR count). The number of aryl methyl sites for hydroxylation is 2. The Balaban J connectivity index is 0.724. The molecule has 376 valence electrons. The van der Waals surface area contributed by atoms with Gasteiger partial charge in [0.2, 0.25) is 17.7 Å². The van der Waals surface area contributed by atoms with Crippen molar-refractivity contribution >= 4 is 40.0 Å². The third-order valence-corrected chi connectivity index (χ3v) is 14.4. The number of carbonyl (C=O) groups excluding carboxylic acids is 3. The number of aliphatic hydroxyl groups is 1. The first kappa shape index (κ1) is 51.2. The number of nitrogens with one attached hydrogen (secondary N) is 2. The van der Waals surface area contributed by atoms with Crippen molar-refractivity contribution in [3.8, 4) is 33.2 Å². The van der Waals surface area contributed by atoms with Crippen LogP contribution in [0.4, 0.5) is 4.39 Å². The summed E-state index contributed by atoms with van der Waals surface area (Å²) in [5.41, 5.74) is 9.01. The van der Waals surface area contributed by atoms with Crippen LogP contribution in [0, 0.1) is 25.1 Å². The maximum atomic E-state index is 14.0. The molecule has 3 atom stereocenters. The van der Waals surface area contributed by atoms with Gasteiger partial charge in [-0.3, -0.25) is 19.3 Å². The number of aliphatic hydroxyl groups excluding tert-OH is 1. The summed E-state index contributed by atoms with van der Waals surface area (Å²) in [6.07, 6.45) is 1.04. The molecule has 2 aliphatic heterocycles. The van der Waals surface area contributed by atoms with Crippen molar-refractivity contribution in [1.29, 1.82) is 0 Å². The van der Waals surface area contributed by atoms with Gasteiger partial charge in [-0.25, -0.2) is 9.37 Å². The number of phenolic OH excluding ortho intramolecular Hbond substituents is 1. The largest absolute Gasteiger partial charge is 0.508 e. The molecular weight excluding hydrogens is 924 g/mol. The molecule has 14 nitrogen and oxygen atoms in total. The number of phenols is 1. The van der Waals surface area contributed by atoms with Crippen LogP contribution in [-0.4, -0.2) is 124 Å². The molecule has 4 aromatic carbocycles. The van der Waals surface area contributed by atoms with Crippen LogP contribution in [0.3, 0.4) is 0 Å². The van der Waals surface area contributed by atoms with E-state index in [0.717, 1.165) is 93.2 Å². The number of nitrogens with zero attached hydrogens (tertiary/aromatic N) is 4. The van der Waals surface area contributed by atoms with E-state index in [1.54, 1.807) is 35.6 Å². The molecule has 0 unspecified atom stereocenters. The number of aromatic nitrogens is 2. The highest BCUT2D eigenvalue weighted by Crippen LogP contribution is 2.36. The number of ether oxygens (including phenoxy) is 3. The van der Waals surface area contributed by atoms with Crippen molar-refractivity contribution in [1.82, 2.24) is 30.0 Å². The quantitative estimate of drug-likeness (QED) is 0.0593. The van der Waals surface area contributed by atoms with Crippen molar-refractivity contribution in [2.75, 3.05) is 52.6 Å². The number of halogens is 1. The van der Waals surface area contributed by atoms with Crippen LogP contribution in [0.25, 0.3) is 32.6 Å². The second-order valence-corrected chi connectivity index (χ2v) is 20.5. The number of benzene rings is 4. The van der Waals surface area contributed by atoms with Crippen LogP contribution in [0.1, 0.15) is 62.4 Å². The first-order valence-electron chi connectivity index (χ1n) is 24.4. The van der Waals surface area contributed by atoms with E-state index in [0.29, 0.717) is 19.8 Å². The summed E-state index contributed by atoms with van der Waals surface area (Å²) in [5.74, 6) is -0.552. The van der Waals surface area contributed by atoms with Gasteiger partial charge in [-0.05, 0) is 115 Å². The predicted molar refractivity (Wildman–Crippen MR) is 273 cm³/mol. The van der Waals surface area contributed by atoms with E-state index in [9.17, 15) is 29.0 Å². The molecule has 16 heteroatoms. The second kappa shape index (κ2) is 22.9. The second-order valence-electron chi connectivity index (χ2n) is 19.7. The van der Waals surface area contributed by atoms with Gasteiger partial charge in [0, 0.05) is 56.6 Å². The zero-order valence-electron chi connectivity index (χ0n) is 41.2. The fourth-order valence-corrected chi connectivity index (χ4v) is 10.4. The van der Waals surface area contributed by atoms with E-state index in [1.807, 2.05) is 82.6 Å². The molecule has 4 heterocycles. The molecular formula is C55H65FN6O8S. The number of hydrogen-bond donors (Lipinski definition) is 4. The molecule has 6 aromatic rings. The van der Waals surface area contributed by atoms with Crippen LogP contribution < -0.4 is 15.4 Å². The summed E-state index contributed by atoms with van der Waals surface area (Å²) < 4.78 is 33.9. The summed E-state index contributed by atoms with van der Waals surface area (Å²) in [6.45, 7) is 13.7. The molecule has 3 amide bonds. The smallest absolute Gasteiger partial charge is 0.246 e. The Kier molecular flexibility index (Phi) is 16.5. The molecule has 2 aromatic heterocycles. The molecule has 0 bridgehead atoms. The van der Waals surface area contributed by atoms with Crippen LogP contribution in [0.2, 0.25) is 0 Å². The average Bonchev–Trinajstić information content (AvgIpc) is 4.05. The number of amides is 3. The van der Waals surface area contributed by atoms with Crippen molar-refractivity contribution in [2.45, 2.75) is 91.3 Å². The van der Waals surface area contributed by atoms with Crippen LogP contribution in [0.5, 0.6) is 11.5 Å². The van der Waals surface area contributed by atoms with E-state index < -0.39 is 35.4 Å². The lowest BCUT2D eigenvalue weighted by Crippen LogP contribution is -2.58. The number of aromatic hydroxyl groups is 1. The molecule has 0 aliphatic carbocycles. The minimum absolute atomic E-state index is 0.00947. The average molecular weight is 989 g/mol. The number of carbonyl (C=O) groups is 3. The zero-order chi connectivity index (χ0) is 50.2. The van der Waals surface area contributed by atoms with E-state index in [4.69, 9.17) is 14.2 Å². The molecule has 2 saturated heterocycles. The Morgan fingerprint density at radius 3 is 2.30 bits per heavy atom. The first-order chi connectivity index (χ1) is 34.1. The highest BCUT2D eigenvalue weighted by atomic mass is 32.1. The fourth-order valence-electron chi connectivity index (χ4n) is 9.54. The highest BCUT2D eigenvalue weighted by Gasteiger charge is 2.44. The number of piperidine rings is 1. The van der Waals surface area contributed by atoms with Crippen LogP contribution in [-0.2, 0) is 36.9 Å². The SMILES string of the molecule is Cc1ncsc1-c1ccc(CNC(=O)[C@@H]2C[C@@H](O)CN2C(=O)[C@@H](NC(=O)COCCOC2CCN(CCOc3ccc(Cn4c(-c5ccc(F)cc5)c(C)c5cc(O)ccc54)cc3)CC2)C(C)(C)C)cc1. The number of fused-ring (bicyclic) bond motifs is 1. The molecule has 0 radical (unpaired) electrons. The fraction of sp³-hybridized carbons (Fsp3) is 0.418. The van der Waals surface area contributed by atoms with Crippen LogP contribution in [0.15, 0.2) is 96.5 Å². The molecule has 71 heavy (non-hydrogen) atoms. The summed E-state index contributed by atoms with van der Waals surface area (Å²) in [5, 5.41) is 27.5. The lowest BCUT2D eigenvalue weighted by molar-refractivity contribution is -0.144. The Hall–Kier alpha value is -6.17. The number of hydrogen-bond acceptors (Lipinski definition) is 11. The molecule has 4 N–H and O–H groups in total. The number of β-amino-alcohol motifs (C(OH)–C–C–N with tert-alkyl or cyclic N) is 1. The minimum atomic E-state index is -0.955. The molecule has 0 spiro atoms. The van der Waals surface area contributed by atoms with Crippen molar-refractivity contribution in [3.05, 3.63) is 125 Å². The monoisotopic (exact) mass is 988 g/mol. The summed E-state index contributed by atoms with van der Waals surface area (Å²) in [4.78, 5) is 49.8. The molecule has 0 saturated carbocycles. The van der Waals surface area contributed by atoms with Gasteiger partial charge in [0.25, 0.3) is 0 Å². The van der Waals surface area contributed by atoms with Gasteiger partial charge in [-0.1, -0.05) is 57.2 Å². The van der Waals surface area contributed by atoms with Gasteiger partial charge in [0.1, 0.15) is 42.6 Å². The van der Waals surface area contributed by atoms with Crippen molar-refractivity contribution in [2.24, 2.45) is 5.41 Å². The van der Waals surface area contributed by atoms with E-state index in [1.165, 1.54) is 17.0 Å². The Morgan fingerprint density at radius 2 is 1.61 bits per heavy atom. The zero-order valence-corrected chi connectivity index (χ0v) is 42.0. The van der Waals surface area contributed by atoms with Gasteiger partial charge in [0.15, 0.2) is 0 Å². The van der Waals surface area contributed by atoms with Crippen molar-refractivity contribution < 1.29 is 43.2 Å². The van der Waals surface area contributed by atoms with E-state index in [-0.39, 0.29) is 56.3 Å². The standard InChI is InChI=1S/C55H65FN6O8S/c1-35-46-28-42(63)16-19-47(46)61(50(35)39-12-14-41(56)15-13-39)31-38-8-17-44(18-9-38)69-25-24-60-22-20-45(21-23-60)70-27-26-68-33-49(65)59-52(55(3,4)5)54(67)62-32-43(64)29-48(62)53(66)57-30-37-6-10-40(11-7-37)51-36(2)58-34-71-51/h6-19,28,34,43,45,48,52,63-64H,20-27,29-33H2,1-5H3,(H,57,66)(H,59,65)/t43-,48+,52-/m1/s1. The highest BCUT2D eigenvalue weighted by molar-refractivity contribution is 7.13. The van der Waals surface area contributed by atoms with E-state index in [2.05, 4.69) is 37.2 Å². The normalized spacial score (nSPS) is 17.1. The summed E-state index contributed by atoms with van der Waals surface area (Å²) >= 11 is 1.57. The minimum Gasteiger partial charge on any atom is -0.508 e. The van der Waals surface area contributed by atoms with Crippen molar-refractivity contribution in [3.63, 3.8) is 0 Å². The van der Waals surface area contributed by atoms with Gasteiger partial charge in [0.05, 0.1) is 47.2 Å². The van der Waals surface area contributed by atoms with Crippen LogP contribution >= 0.6 is 11.3 Å².